The number of halogens is 2. The fraction of sp³-hybridized carbons (Fsp3) is 0.154. The molecule has 2 aromatic rings. The normalized spacial score (nSPS) is 10.3. The van der Waals surface area contributed by atoms with Crippen LogP contribution < -0.4 is 5.32 Å². The van der Waals surface area contributed by atoms with Crippen molar-refractivity contribution in [3.05, 3.63) is 58.6 Å². The predicted octanol–water partition coefficient (Wildman–Crippen LogP) is 3.79. The van der Waals surface area contributed by atoms with Gasteiger partial charge in [0.25, 0.3) is 0 Å². The molecule has 1 aromatic heterocycles. The van der Waals surface area contributed by atoms with E-state index < -0.39 is 0 Å². The van der Waals surface area contributed by atoms with Gasteiger partial charge in [0.05, 0.1) is 6.20 Å². The van der Waals surface area contributed by atoms with Gasteiger partial charge < -0.3 is 5.32 Å². The van der Waals surface area contributed by atoms with E-state index in [1.165, 1.54) is 12.3 Å². The van der Waals surface area contributed by atoms with Crippen molar-refractivity contribution in [3.8, 4) is 0 Å². The second kappa shape index (κ2) is 5.15. The minimum Gasteiger partial charge on any atom is -0.381 e. The van der Waals surface area contributed by atoms with Gasteiger partial charge in [-0.1, -0.05) is 17.7 Å². The molecule has 4 heteroatoms. The minimum atomic E-state index is -0.327. The first kappa shape index (κ1) is 11.9. The van der Waals surface area contributed by atoms with Crippen LogP contribution in [-0.2, 0) is 6.54 Å². The highest BCUT2D eigenvalue weighted by Crippen LogP contribution is 2.20. The quantitative estimate of drug-likeness (QED) is 0.896. The van der Waals surface area contributed by atoms with Gasteiger partial charge in [-0.15, -0.1) is 0 Å². The number of pyridine rings is 1. The smallest absolute Gasteiger partial charge is 0.141 e. The third kappa shape index (κ3) is 3.17. The molecule has 0 saturated heterocycles. The summed E-state index contributed by atoms with van der Waals surface area (Å²) in [7, 11) is 0. The summed E-state index contributed by atoms with van der Waals surface area (Å²) in [4.78, 5) is 3.80. The van der Waals surface area contributed by atoms with Gasteiger partial charge in [0.1, 0.15) is 5.82 Å². The molecule has 88 valence electrons. The Morgan fingerprint density at radius 2 is 2.12 bits per heavy atom. The standard InChI is InChI=1S/C13H12ClFN2/c1-9-2-3-11(14)5-13(9)17-7-10-4-12(15)8-16-6-10/h2-6,8,17H,7H2,1H3. The molecular formula is C13H12ClFN2. The van der Waals surface area contributed by atoms with Crippen molar-refractivity contribution in [2.75, 3.05) is 5.32 Å². The monoisotopic (exact) mass is 250 g/mol. The molecule has 1 aromatic carbocycles. The van der Waals surface area contributed by atoms with Crippen LogP contribution in [-0.4, -0.2) is 4.98 Å². The van der Waals surface area contributed by atoms with Crippen LogP contribution in [0.25, 0.3) is 0 Å². The molecular weight excluding hydrogens is 239 g/mol. The van der Waals surface area contributed by atoms with E-state index in [4.69, 9.17) is 11.6 Å². The predicted molar refractivity (Wildman–Crippen MR) is 67.7 cm³/mol. The van der Waals surface area contributed by atoms with E-state index in [1.807, 2.05) is 25.1 Å². The summed E-state index contributed by atoms with van der Waals surface area (Å²) in [6, 6.07) is 7.09. The largest absolute Gasteiger partial charge is 0.381 e. The van der Waals surface area contributed by atoms with Crippen LogP contribution in [0.5, 0.6) is 0 Å². The first-order chi connectivity index (χ1) is 8.15. The topological polar surface area (TPSA) is 24.9 Å². The zero-order valence-electron chi connectivity index (χ0n) is 9.37. The molecule has 0 radical (unpaired) electrons. The van der Waals surface area contributed by atoms with Crippen molar-refractivity contribution in [1.82, 2.24) is 4.98 Å². The van der Waals surface area contributed by atoms with Gasteiger partial charge in [-0.3, -0.25) is 4.98 Å². The van der Waals surface area contributed by atoms with Crippen molar-refractivity contribution >= 4 is 17.3 Å². The van der Waals surface area contributed by atoms with E-state index in [1.54, 1.807) is 6.20 Å². The molecule has 0 aliphatic heterocycles. The van der Waals surface area contributed by atoms with Crippen molar-refractivity contribution in [1.29, 1.82) is 0 Å². The number of nitrogens with one attached hydrogen (secondary N) is 1. The molecule has 0 bridgehead atoms. The Bertz CT molecular complexity index is 529. The average molecular weight is 251 g/mol. The summed E-state index contributed by atoms with van der Waals surface area (Å²) in [5.74, 6) is -0.327. The molecule has 0 atom stereocenters. The van der Waals surface area contributed by atoms with Gasteiger partial charge in [-0.25, -0.2) is 4.39 Å². The van der Waals surface area contributed by atoms with Crippen LogP contribution in [0.2, 0.25) is 5.02 Å². The Morgan fingerprint density at radius 3 is 2.88 bits per heavy atom. The van der Waals surface area contributed by atoms with Crippen LogP contribution in [0.4, 0.5) is 10.1 Å². The van der Waals surface area contributed by atoms with Crippen LogP contribution in [0, 0.1) is 12.7 Å². The molecule has 0 aliphatic rings. The Labute approximate surface area is 104 Å². The summed E-state index contributed by atoms with van der Waals surface area (Å²) >= 11 is 5.91. The van der Waals surface area contributed by atoms with E-state index >= 15 is 0 Å². The number of rotatable bonds is 3. The molecule has 0 unspecified atom stereocenters. The maximum Gasteiger partial charge on any atom is 0.141 e. The van der Waals surface area contributed by atoms with Crippen LogP contribution in [0.1, 0.15) is 11.1 Å². The second-order valence-corrected chi connectivity index (χ2v) is 4.26. The molecule has 1 N–H and O–H groups in total. The lowest BCUT2D eigenvalue weighted by molar-refractivity contribution is 0.619. The highest BCUT2D eigenvalue weighted by molar-refractivity contribution is 6.30. The molecule has 0 amide bonds. The lowest BCUT2D eigenvalue weighted by Crippen LogP contribution is -2.01. The second-order valence-electron chi connectivity index (χ2n) is 3.82. The molecule has 0 saturated carbocycles. The third-order valence-corrected chi connectivity index (χ3v) is 2.68. The van der Waals surface area contributed by atoms with Crippen molar-refractivity contribution < 1.29 is 4.39 Å². The first-order valence-electron chi connectivity index (χ1n) is 5.24. The first-order valence-corrected chi connectivity index (χ1v) is 5.62. The molecule has 1 heterocycles. The van der Waals surface area contributed by atoms with Gasteiger partial charge in [-0.2, -0.15) is 0 Å². The summed E-state index contributed by atoms with van der Waals surface area (Å²) in [5.41, 5.74) is 2.84. The summed E-state index contributed by atoms with van der Waals surface area (Å²) in [6.07, 6.45) is 2.82. The highest BCUT2D eigenvalue weighted by atomic mass is 35.5. The van der Waals surface area contributed by atoms with E-state index in [9.17, 15) is 4.39 Å². The Hall–Kier alpha value is -1.61. The number of benzene rings is 1. The number of aryl methyl sites for hydroxylation is 1. The number of nitrogens with zero attached hydrogens (tertiary/aromatic N) is 1. The average Bonchev–Trinajstić information content (AvgIpc) is 2.30. The van der Waals surface area contributed by atoms with Crippen molar-refractivity contribution in [3.63, 3.8) is 0 Å². The maximum absolute atomic E-state index is 12.9. The molecule has 2 rings (SSSR count). The molecule has 17 heavy (non-hydrogen) atoms. The number of hydrogen-bond acceptors (Lipinski definition) is 2. The molecule has 0 aliphatic carbocycles. The number of anilines is 1. The fourth-order valence-electron chi connectivity index (χ4n) is 1.53. The number of hydrogen-bond donors (Lipinski definition) is 1. The lowest BCUT2D eigenvalue weighted by atomic mass is 10.2. The Morgan fingerprint density at radius 1 is 1.29 bits per heavy atom. The molecule has 0 fully saturated rings. The Kier molecular flexibility index (Phi) is 3.59. The van der Waals surface area contributed by atoms with Crippen molar-refractivity contribution in [2.45, 2.75) is 13.5 Å². The summed E-state index contributed by atoms with van der Waals surface area (Å²) in [6.45, 7) is 2.51. The zero-order chi connectivity index (χ0) is 12.3. The van der Waals surface area contributed by atoms with Crippen molar-refractivity contribution in [2.24, 2.45) is 0 Å². The maximum atomic E-state index is 12.9. The third-order valence-electron chi connectivity index (χ3n) is 2.44. The zero-order valence-corrected chi connectivity index (χ0v) is 10.1. The van der Waals surface area contributed by atoms with E-state index in [0.29, 0.717) is 11.6 Å². The van der Waals surface area contributed by atoms with E-state index in [-0.39, 0.29) is 5.82 Å². The van der Waals surface area contributed by atoms with Crippen LogP contribution in [0.3, 0.4) is 0 Å². The van der Waals surface area contributed by atoms with Gasteiger partial charge in [0, 0.05) is 23.5 Å². The fourth-order valence-corrected chi connectivity index (χ4v) is 1.71. The minimum absolute atomic E-state index is 0.327. The summed E-state index contributed by atoms with van der Waals surface area (Å²) in [5, 5.41) is 3.88. The van der Waals surface area contributed by atoms with Crippen LogP contribution >= 0.6 is 11.6 Å². The number of aromatic nitrogens is 1. The Balaban J connectivity index is 2.09. The summed E-state index contributed by atoms with van der Waals surface area (Å²) < 4.78 is 12.9. The van der Waals surface area contributed by atoms with Gasteiger partial charge in [0.2, 0.25) is 0 Å². The van der Waals surface area contributed by atoms with Gasteiger partial charge in [-0.05, 0) is 36.2 Å². The highest BCUT2D eigenvalue weighted by Gasteiger charge is 2.00. The molecule has 2 nitrogen and oxygen atoms in total. The SMILES string of the molecule is Cc1ccc(Cl)cc1NCc1cncc(F)c1. The molecule has 0 spiro atoms. The van der Waals surface area contributed by atoms with E-state index in [2.05, 4.69) is 10.3 Å². The lowest BCUT2D eigenvalue weighted by Gasteiger charge is -2.09. The van der Waals surface area contributed by atoms with E-state index in [0.717, 1.165) is 16.8 Å². The van der Waals surface area contributed by atoms with Gasteiger partial charge >= 0.3 is 0 Å². The van der Waals surface area contributed by atoms with Crippen LogP contribution in [0.15, 0.2) is 36.7 Å². The van der Waals surface area contributed by atoms with Gasteiger partial charge in [0.15, 0.2) is 0 Å².